The second kappa shape index (κ2) is 5.32. The fraction of sp³-hybridized carbons (Fsp3) is 0.273. The number of rotatable bonds is 4. The number of H-pyrrole nitrogens is 1. The molecule has 0 fully saturated rings. The predicted octanol–water partition coefficient (Wildman–Crippen LogP) is 3.29. The van der Waals surface area contributed by atoms with Gasteiger partial charge in [-0.25, -0.2) is 4.98 Å². The van der Waals surface area contributed by atoms with Gasteiger partial charge in [-0.1, -0.05) is 29.3 Å². The van der Waals surface area contributed by atoms with Gasteiger partial charge in [0.15, 0.2) is 0 Å². The van der Waals surface area contributed by atoms with Gasteiger partial charge >= 0.3 is 0 Å². The average molecular weight is 256 g/mol. The van der Waals surface area contributed by atoms with E-state index in [0.717, 1.165) is 35.7 Å². The smallest absolute Gasteiger partial charge is 0.150 e. The van der Waals surface area contributed by atoms with Crippen LogP contribution in [-0.2, 0) is 12.8 Å². The summed E-state index contributed by atoms with van der Waals surface area (Å²) >= 11 is 11.9. The molecule has 16 heavy (non-hydrogen) atoms. The zero-order valence-electron chi connectivity index (χ0n) is 8.58. The van der Waals surface area contributed by atoms with Crippen LogP contribution in [0.5, 0.6) is 0 Å². The summed E-state index contributed by atoms with van der Waals surface area (Å²) in [5.74, 6) is 0.838. The molecule has 0 aliphatic carbocycles. The molecule has 0 saturated heterocycles. The van der Waals surface area contributed by atoms with Gasteiger partial charge in [0.2, 0.25) is 0 Å². The molecule has 2 rings (SSSR count). The molecule has 1 N–H and O–H groups in total. The normalized spacial score (nSPS) is 10.6. The van der Waals surface area contributed by atoms with E-state index in [1.54, 1.807) is 12.4 Å². The van der Waals surface area contributed by atoms with Crippen LogP contribution in [0.3, 0.4) is 0 Å². The van der Waals surface area contributed by atoms with Crippen molar-refractivity contribution in [3.63, 3.8) is 0 Å². The molecule has 5 heteroatoms. The fourth-order valence-electron chi connectivity index (χ4n) is 1.52. The predicted molar refractivity (Wildman–Crippen MR) is 64.9 cm³/mol. The van der Waals surface area contributed by atoms with Crippen LogP contribution in [0.1, 0.15) is 17.8 Å². The highest BCUT2D eigenvalue weighted by Crippen LogP contribution is 2.22. The van der Waals surface area contributed by atoms with Gasteiger partial charge in [0.25, 0.3) is 0 Å². The molecule has 2 aromatic rings. The number of aryl methyl sites for hydroxylation is 2. The van der Waals surface area contributed by atoms with E-state index < -0.39 is 0 Å². The summed E-state index contributed by atoms with van der Waals surface area (Å²) in [7, 11) is 0. The molecule has 0 radical (unpaired) electrons. The topological polar surface area (TPSA) is 41.6 Å². The summed E-state index contributed by atoms with van der Waals surface area (Å²) in [5.41, 5.74) is 1.11. The molecule has 0 amide bonds. The molecule has 1 aromatic carbocycles. The Bertz CT molecular complexity index is 454. The van der Waals surface area contributed by atoms with E-state index in [0.29, 0.717) is 5.02 Å². The Balaban J connectivity index is 1.90. The molecular weight excluding hydrogens is 245 g/mol. The molecule has 0 spiro atoms. The van der Waals surface area contributed by atoms with Gasteiger partial charge in [0.1, 0.15) is 12.2 Å². The van der Waals surface area contributed by atoms with Crippen molar-refractivity contribution in [2.45, 2.75) is 19.3 Å². The molecule has 0 atom stereocenters. The van der Waals surface area contributed by atoms with Crippen molar-refractivity contribution < 1.29 is 0 Å². The molecule has 0 unspecified atom stereocenters. The van der Waals surface area contributed by atoms with Gasteiger partial charge in [-0.2, -0.15) is 5.10 Å². The van der Waals surface area contributed by atoms with Crippen molar-refractivity contribution in [2.75, 3.05) is 0 Å². The van der Waals surface area contributed by atoms with Crippen molar-refractivity contribution in [1.82, 2.24) is 15.2 Å². The number of nitrogens with zero attached hydrogens (tertiary/aromatic N) is 2. The third-order valence-corrected chi connectivity index (χ3v) is 2.91. The fourth-order valence-corrected chi connectivity index (χ4v) is 2.02. The van der Waals surface area contributed by atoms with E-state index in [4.69, 9.17) is 23.2 Å². The van der Waals surface area contributed by atoms with Crippen molar-refractivity contribution in [3.05, 3.63) is 46.0 Å². The highest BCUT2D eigenvalue weighted by molar-refractivity contribution is 6.35. The minimum absolute atomic E-state index is 0.669. The third kappa shape index (κ3) is 2.97. The maximum absolute atomic E-state index is 6.07. The lowest BCUT2D eigenvalue weighted by Crippen LogP contribution is -1.93. The second-order valence-corrected chi connectivity index (χ2v) is 4.35. The van der Waals surface area contributed by atoms with Crippen molar-refractivity contribution in [1.29, 1.82) is 0 Å². The first-order chi connectivity index (χ1) is 7.75. The first-order valence-corrected chi connectivity index (χ1v) is 5.80. The SMILES string of the molecule is Clc1ccc(CCCc2nc[nH]n2)c(Cl)c1. The largest absolute Gasteiger partial charge is 0.266 e. The van der Waals surface area contributed by atoms with Crippen LogP contribution >= 0.6 is 23.2 Å². The molecule has 84 valence electrons. The van der Waals surface area contributed by atoms with Crippen LogP contribution in [0, 0.1) is 0 Å². The lowest BCUT2D eigenvalue weighted by atomic mass is 10.1. The lowest BCUT2D eigenvalue weighted by Gasteiger charge is -2.03. The van der Waals surface area contributed by atoms with Gasteiger partial charge in [-0.3, -0.25) is 5.10 Å². The number of nitrogens with one attached hydrogen (secondary N) is 1. The molecule has 0 aliphatic heterocycles. The van der Waals surface area contributed by atoms with Gasteiger partial charge in [0, 0.05) is 16.5 Å². The third-order valence-electron chi connectivity index (χ3n) is 2.33. The maximum Gasteiger partial charge on any atom is 0.150 e. The first-order valence-electron chi connectivity index (χ1n) is 5.04. The van der Waals surface area contributed by atoms with Crippen LogP contribution in [0.2, 0.25) is 10.0 Å². The van der Waals surface area contributed by atoms with E-state index >= 15 is 0 Å². The van der Waals surface area contributed by atoms with E-state index in [-0.39, 0.29) is 0 Å². The monoisotopic (exact) mass is 255 g/mol. The van der Waals surface area contributed by atoms with Crippen LogP contribution in [-0.4, -0.2) is 15.2 Å². The molecule has 1 aromatic heterocycles. The van der Waals surface area contributed by atoms with E-state index in [9.17, 15) is 0 Å². The minimum Gasteiger partial charge on any atom is -0.266 e. The van der Waals surface area contributed by atoms with Crippen LogP contribution in [0.15, 0.2) is 24.5 Å². The Morgan fingerprint density at radius 1 is 1.19 bits per heavy atom. The standard InChI is InChI=1S/C11H11Cl2N3/c12-9-5-4-8(10(13)6-9)2-1-3-11-14-7-15-16-11/h4-7H,1-3H2,(H,14,15,16). The Hall–Kier alpha value is -1.06. The highest BCUT2D eigenvalue weighted by atomic mass is 35.5. The number of halogens is 2. The Kier molecular flexibility index (Phi) is 3.80. The Morgan fingerprint density at radius 3 is 2.75 bits per heavy atom. The molecule has 1 heterocycles. The number of hydrogen-bond acceptors (Lipinski definition) is 2. The highest BCUT2D eigenvalue weighted by Gasteiger charge is 2.02. The zero-order valence-corrected chi connectivity index (χ0v) is 10.1. The summed E-state index contributed by atoms with van der Waals surface area (Å²) in [6, 6.07) is 5.59. The molecule has 0 aliphatic rings. The molecular formula is C11H11Cl2N3. The summed E-state index contributed by atoms with van der Waals surface area (Å²) in [6.45, 7) is 0. The minimum atomic E-state index is 0.669. The average Bonchev–Trinajstić information content (AvgIpc) is 2.74. The summed E-state index contributed by atoms with van der Waals surface area (Å²) in [6.07, 6.45) is 4.32. The van der Waals surface area contributed by atoms with E-state index in [1.807, 2.05) is 12.1 Å². The van der Waals surface area contributed by atoms with Gasteiger partial charge in [-0.15, -0.1) is 0 Å². The number of aromatic nitrogens is 3. The lowest BCUT2D eigenvalue weighted by molar-refractivity contribution is 0.775. The summed E-state index contributed by atoms with van der Waals surface area (Å²) < 4.78 is 0. The Morgan fingerprint density at radius 2 is 2.06 bits per heavy atom. The Labute approximate surface area is 104 Å². The van der Waals surface area contributed by atoms with E-state index in [1.165, 1.54) is 0 Å². The zero-order chi connectivity index (χ0) is 11.4. The molecule has 3 nitrogen and oxygen atoms in total. The van der Waals surface area contributed by atoms with Gasteiger partial charge in [0.05, 0.1) is 0 Å². The van der Waals surface area contributed by atoms with Crippen LogP contribution in [0.25, 0.3) is 0 Å². The van der Waals surface area contributed by atoms with Crippen LogP contribution in [0.4, 0.5) is 0 Å². The number of benzene rings is 1. The first kappa shape index (κ1) is 11.4. The quantitative estimate of drug-likeness (QED) is 0.911. The summed E-state index contributed by atoms with van der Waals surface area (Å²) in [5, 5.41) is 8.08. The number of aromatic amines is 1. The van der Waals surface area contributed by atoms with Gasteiger partial charge < -0.3 is 0 Å². The maximum atomic E-state index is 6.07. The summed E-state index contributed by atoms with van der Waals surface area (Å²) in [4.78, 5) is 4.06. The van der Waals surface area contributed by atoms with Gasteiger partial charge in [-0.05, 0) is 30.5 Å². The number of hydrogen-bond donors (Lipinski definition) is 1. The van der Waals surface area contributed by atoms with Crippen molar-refractivity contribution >= 4 is 23.2 Å². The second-order valence-electron chi connectivity index (χ2n) is 3.50. The van der Waals surface area contributed by atoms with Crippen molar-refractivity contribution in [3.8, 4) is 0 Å². The van der Waals surface area contributed by atoms with Crippen molar-refractivity contribution in [2.24, 2.45) is 0 Å². The van der Waals surface area contributed by atoms with Crippen LogP contribution < -0.4 is 0 Å². The molecule has 0 saturated carbocycles. The molecule has 0 bridgehead atoms. The van der Waals surface area contributed by atoms with E-state index in [2.05, 4.69) is 15.2 Å².